The van der Waals surface area contributed by atoms with Crippen molar-refractivity contribution in [3.05, 3.63) is 21.9 Å². The van der Waals surface area contributed by atoms with Crippen molar-refractivity contribution in [2.24, 2.45) is 0 Å². The van der Waals surface area contributed by atoms with Gasteiger partial charge in [0.1, 0.15) is 0 Å². The third kappa shape index (κ3) is 3.47. The number of rotatable bonds is 5. The number of methoxy groups -OCH3 is 1. The molecule has 0 atom stereocenters. The molecule has 0 aliphatic carbocycles. The average Bonchev–Trinajstić information content (AvgIpc) is 2.64. The fraction of sp³-hybridized carbons (Fsp3) is 0.455. The number of hydrogen-bond donors (Lipinski definition) is 0. The molecule has 0 N–H and O–H groups in total. The molecule has 0 amide bonds. The lowest BCUT2D eigenvalue weighted by Gasteiger charge is -1.99. The SMILES string of the molecule is COC(=O)CCCC(=O)c1sccc1C. The summed E-state index contributed by atoms with van der Waals surface area (Å²) in [6, 6.07) is 1.93. The van der Waals surface area contributed by atoms with Gasteiger partial charge in [0.2, 0.25) is 0 Å². The van der Waals surface area contributed by atoms with Crippen molar-refractivity contribution >= 4 is 23.1 Å². The highest BCUT2D eigenvalue weighted by molar-refractivity contribution is 7.12. The standard InChI is InChI=1S/C11H14O3S/c1-8-6-7-15-11(8)9(12)4-3-5-10(13)14-2/h6-7H,3-5H2,1-2H3. The molecule has 0 spiro atoms. The molecule has 1 aromatic rings. The van der Waals surface area contributed by atoms with Gasteiger partial charge in [0.05, 0.1) is 12.0 Å². The second kappa shape index (κ2) is 5.66. The summed E-state index contributed by atoms with van der Waals surface area (Å²) in [4.78, 5) is 23.3. The first-order valence-corrected chi connectivity index (χ1v) is 5.67. The van der Waals surface area contributed by atoms with Crippen molar-refractivity contribution in [3.8, 4) is 0 Å². The van der Waals surface area contributed by atoms with Crippen molar-refractivity contribution in [1.29, 1.82) is 0 Å². The van der Waals surface area contributed by atoms with E-state index in [2.05, 4.69) is 4.74 Å². The maximum atomic E-state index is 11.7. The Balaban J connectivity index is 2.38. The molecular weight excluding hydrogens is 212 g/mol. The normalized spacial score (nSPS) is 10.0. The Morgan fingerprint density at radius 1 is 1.40 bits per heavy atom. The van der Waals surface area contributed by atoms with Crippen LogP contribution in [0.1, 0.15) is 34.5 Å². The minimum Gasteiger partial charge on any atom is -0.469 e. The van der Waals surface area contributed by atoms with Crippen LogP contribution in [0.5, 0.6) is 0 Å². The molecule has 0 fully saturated rings. The molecule has 0 bridgehead atoms. The maximum Gasteiger partial charge on any atom is 0.305 e. The fourth-order valence-electron chi connectivity index (χ4n) is 1.27. The van der Waals surface area contributed by atoms with Crippen molar-refractivity contribution in [1.82, 2.24) is 0 Å². The summed E-state index contributed by atoms with van der Waals surface area (Å²) < 4.78 is 4.50. The van der Waals surface area contributed by atoms with Crippen LogP contribution in [0.25, 0.3) is 0 Å². The molecule has 15 heavy (non-hydrogen) atoms. The first-order chi connectivity index (χ1) is 7.15. The summed E-state index contributed by atoms with van der Waals surface area (Å²) in [5.74, 6) is -0.142. The Morgan fingerprint density at radius 3 is 2.67 bits per heavy atom. The first kappa shape index (κ1) is 11.9. The van der Waals surface area contributed by atoms with Crippen LogP contribution in [0.4, 0.5) is 0 Å². The summed E-state index contributed by atoms with van der Waals surface area (Å²) in [7, 11) is 1.35. The van der Waals surface area contributed by atoms with E-state index in [1.165, 1.54) is 18.4 Å². The Morgan fingerprint density at radius 2 is 2.13 bits per heavy atom. The van der Waals surface area contributed by atoms with E-state index >= 15 is 0 Å². The van der Waals surface area contributed by atoms with E-state index in [0.29, 0.717) is 19.3 Å². The summed E-state index contributed by atoms with van der Waals surface area (Å²) >= 11 is 1.46. The van der Waals surface area contributed by atoms with E-state index in [4.69, 9.17) is 0 Å². The maximum absolute atomic E-state index is 11.7. The molecule has 0 unspecified atom stereocenters. The van der Waals surface area contributed by atoms with Crippen LogP contribution in [-0.2, 0) is 9.53 Å². The third-order valence-corrected chi connectivity index (χ3v) is 3.19. The lowest BCUT2D eigenvalue weighted by atomic mass is 10.1. The Bertz CT molecular complexity index is 354. The van der Waals surface area contributed by atoms with Gasteiger partial charge < -0.3 is 4.74 Å². The Hall–Kier alpha value is -1.16. The van der Waals surface area contributed by atoms with Crippen LogP contribution in [0, 0.1) is 6.92 Å². The van der Waals surface area contributed by atoms with Crippen LogP contribution >= 0.6 is 11.3 Å². The number of ether oxygens (including phenoxy) is 1. The molecule has 1 heterocycles. The number of esters is 1. The van der Waals surface area contributed by atoms with Gasteiger partial charge in [-0.05, 0) is 30.4 Å². The predicted octanol–water partition coefficient (Wildman–Crippen LogP) is 2.58. The van der Waals surface area contributed by atoms with Crippen molar-refractivity contribution in [2.45, 2.75) is 26.2 Å². The van der Waals surface area contributed by atoms with E-state index in [-0.39, 0.29) is 11.8 Å². The molecule has 4 heteroatoms. The van der Waals surface area contributed by atoms with Crippen molar-refractivity contribution in [3.63, 3.8) is 0 Å². The number of carbonyl (C=O) groups excluding carboxylic acids is 2. The number of hydrogen-bond acceptors (Lipinski definition) is 4. The van der Waals surface area contributed by atoms with Gasteiger partial charge in [-0.1, -0.05) is 0 Å². The highest BCUT2D eigenvalue weighted by Gasteiger charge is 2.11. The Labute approximate surface area is 93.1 Å². The van der Waals surface area contributed by atoms with Gasteiger partial charge in [-0.2, -0.15) is 0 Å². The molecule has 1 aromatic heterocycles. The van der Waals surface area contributed by atoms with E-state index in [1.54, 1.807) is 0 Å². The number of carbonyl (C=O) groups is 2. The van der Waals surface area contributed by atoms with Crippen molar-refractivity contribution in [2.75, 3.05) is 7.11 Å². The van der Waals surface area contributed by atoms with Gasteiger partial charge >= 0.3 is 5.97 Å². The first-order valence-electron chi connectivity index (χ1n) is 4.79. The average molecular weight is 226 g/mol. The second-order valence-corrected chi connectivity index (χ2v) is 4.20. The topological polar surface area (TPSA) is 43.4 Å². The zero-order chi connectivity index (χ0) is 11.3. The molecule has 0 radical (unpaired) electrons. The van der Waals surface area contributed by atoms with Gasteiger partial charge in [-0.3, -0.25) is 9.59 Å². The predicted molar refractivity (Wildman–Crippen MR) is 59.3 cm³/mol. The van der Waals surface area contributed by atoms with E-state index < -0.39 is 0 Å². The number of ketones is 1. The minimum atomic E-state index is -0.259. The highest BCUT2D eigenvalue weighted by atomic mass is 32.1. The molecule has 0 aliphatic rings. The van der Waals surface area contributed by atoms with Gasteiger partial charge in [0, 0.05) is 12.8 Å². The molecular formula is C11H14O3S. The van der Waals surface area contributed by atoms with Gasteiger partial charge in [-0.25, -0.2) is 0 Å². The molecule has 3 nitrogen and oxygen atoms in total. The summed E-state index contributed by atoms with van der Waals surface area (Å²) in [5, 5.41) is 1.91. The van der Waals surface area contributed by atoms with Crippen LogP contribution in [0.15, 0.2) is 11.4 Å². The van der Waals surface area contributed by atoms with Crippen molar-refractivity contribution < 1.29 is 14.3 Å². The Kier molecular flexibility index (Phi) is 4.49. The number of Topliss-reactive ketones (excluding diaryl/α,β-unsaturated/α-hetero) is 1. The molecule has 0 aliphatic heterocycles. The monoisotopic (exact) mass is 226 g/mol. The summed E-state index contributed by atoms with van der Waals surface area (Å²) in [6.45, 7) is 1.92. The molecule has 0 aromatic carbocycles. The van der Waals surface area contributed by atoms with E-state index in [0.717, 1.165) is 10.4 Å². The molecule has 0 saturated heterocycles. The quantitative estimate of drug-likeness (QED) is 0.572. The van der Waals surface area contributed by atoms with Gasteiger partial charge in [0.25, 0.3) is 0 Å². The van der Waals surface area contributed by atoms with Crippen LogP contribution in [0.3, 0.4) is 0 Å². The largest absolute Gasteiger partial charge is 0.469 e. The third-order valence-electron chi connectivity index (χ3n) is 2.13. The zero-order valence-corrected chi connectivity index (χ0v) is 9.73. The van der Waals surface area contributed by atoms with Crippen LogP contribution < -0.4 is 0 Å². The molecule has 1 rings (SSSR count). The van der Waals surface area contributed by atoms with Crippen LogP contribution in [-0.4, -0.2) is 18.9 Å². The van der Waals surface area contributed by atoms with E-state index in [9.17, 15) is 9.59 Å². The minimum absolute atomic E-state index is 0.117. The molecule has 82 valence electrons. The van der Waals surface area contributed by atoms with Crippen LogP contribution in [0.2, 0.25) is 0 Å². The van der Waals surface area contributed by atoms with Gasteiger partial charge in [-0.15, -0.1) is 11.3 Å². The smallest absolute Gasteiger partial charge is 0.305 e. The summed E-state index contributed by atoms with van der Waals surface area (Å²) in [5.41, 5.74) is 1.02. The number of thiophene rings is 1. The summed E-state index contributed by atoms with van der Waals surface area (Å²) in [6.07, 6.45) is 1.28. The zero-order valence-electron chi connectivity index (χ0n) is 8.91. The van der Waals surface area contributed by atoms with E-state index in [1.807, 2.05) is 18.4 Å². The highest BCUT2D eigenvalue weighted by Crippen LogP contribution is 2.18. The fourth-order valence-corrected chi connectivity index (χ4v) is 2.16. The van der Waals surface area contributed by atoms with Gasteiger partial charge in [0.15, 0.2) is 5.78 Å². The lowest BCUT2D eigenvalue weighted by molar-refractivity contribution is -0.140. The second-order valence-electron chi connectivity index (χ2n) is 3.29. The lowest BCUT2D eigenvalue weighted by Crippen LogP contribution is -2.03. The molecule has 0 saturated carbocycles. The number of aryl methyl sites for hydroxylation is 1.